The Morgan fingerprint density at radius 1 is 1.21 bits per heavy atom. The first kappa shape index (κ1) is 19.5. The van der Waals surface area contributed by atoms with E-state index in [1.54, 1.807) is 36.4 Å². The molecule has 2 aliphatic rings. The highest BCUT2D eigenvalue weighted by Gasteiger charge is 2.32. The summed E-state index contributed by atoms with van der Waals surface area (Å²) in [6, 6.07) is 14.3. The molecule has 150 valence electrons. The number of halogens is 1. The molecule has 1 N–H and O–H groups in total. The van der Waals surface area contributed by atoms with Crippen LogP contribution in [0.15, 0.2) is 54.3 Å². The van der Waals surface area contributed by atoms with Gasteiger partial charge in [0, 0.05) is 18.2 Å². The number of anilines is 1. The van der Waals surface area contributed by atoms with Gasteiger partial charge in [0.2, 0.25) is 5.91 Å². The number of fused-ring (bicyclic) bond motifs is 1. The van der Waals surface area contributed by atoms with Crippen LogP contribution in [0.3, 0.4) is 0 Å². The van der Waals surface area contributed by atoms with E-state index in [9.17, 15) is 9.59 Å². The average Bonchev–Trinajstić information content (AvgIpc) is 3.25. The molecular formula is C22H21ClN2O4. The molecule has 2 aliphatic heterocycles. The second kappa shape index (κ2) is 8.68. The van der Waals surface area contributed by atoms with E-state index in [4.69, 9.17) is 21.1 Å². The fourth-order valence-corrected chi connectivity index (χ4v) is 3.58. The summed E-state index contributed by atoms with van der Waals surface area (Å²) in [7, 11) is 0. The number of para-hydroxylation sites is 2. The molecule has 1 saturated heterocycles. The molecule has 2 amide bonds. The van der Waals surface area contributed by atoms with Gasteiger partial charge >= 0.3 is 0 Å². The lowest BCUT2D eigenvalue weighted by Gasteiger charge is -2.30. The van der Waals surface area contributed by atoms with Crippen molar-refractivity contribution in [2.75, 3.05) is 24.6 Å². The minimum absolute atomic E-state index is 0.0438. The van der Waals surface area contributed by atoms with Crippen LogP contribution in [0.1, 0.15) is 18.4 Å². The van der Waals surface area contributed by atoms with E-state index in [1.165, 1.54) is 4.90 Å². The van der Waals surface area contributed by atoms with Crippen molar-refractivity contribution >= 4 is 35.2 Å². The van der Waals surface area contributed by atoms with Gasteiger partial charge in [-0.2, -0.15) is 0 Å². The van der Waals surface area contributed by atoms with Gasteiger partial charge in [-0.1, -0.05) is 41.9 Å². The van der Waals surface area contributed by atoms with E-state index < -0.39 is 5.91 Å². The highest BCUT2D eigenvalue weighted by atomic mass is 35.5. The van der Waals surface area contributed by atoms with Gasteiger partial charge in [-0.05, 0) is 42.7 Å². The van der Waals surface area contributed by atoms with Gasteiger partial charge in [-0.3, -0.25) is 14.5 Å². The van der Waals surface area contributed by atoms with Crippen molar-refractivity contribution in [1.29, 1.82) is 0 Å². The van der Waals surface area contributed by atoms with Crippen molar-refractivity contribution in [1.82, 2.24) is 5.32 Å². The van der Waals surface area contributed by atoms with Gasteiger partial charge in [-0.25, -0.2) is 0 Å². The van der Waals surface area contributed by atoms with Gasteiger partial charge in [0.05, 0.1) is 11.8 Å². The van der Waals surface area contributed by atoms with Gasteiger partial charge in [0.1, 0.15) is 6.54 Å². The normalized spacial score (nSPS) is 19.8. The maximum atomic E-state index is 13.1. The number of benzene rings is 2. The molecule has 2 aromatic rings. The van der Waals surface area contributed by atoms with Crippen LogP contribution in [0.2, 0.25) is 5.02 Å². The summed E-state index contributed by atoms with van der Waals surface area (Å²) in [6.07, 6.45) is 3.58. The maximum absolute atomic E-state index is 13.1. The van der Waals surface area contributed by atoms with Crippen molar-refractivity contribution in [2.45, 2.75) is 18.9 Å². The number of carbonyl (C=O) groups is 2. The van der Waals surface area contributed by atoms with Crippen LogP contribution in [0.4, 0.5) is 5.69 Å². The van der Waals surface area contributed by atoms with E-state index in [2.05, 4.69) is 5.32 Å². The van der Waals surface area contributed by atoms with Crippen molar-refractivity contribution in [3.63, 3.8) is 0 Å². The summed E-state index contributed by atoms with van der Waals surface area (Å²) >= 11 is 6.21. The zero-order chi connectivity index (χ0) is 20.2. The number of carbonyl (C=O) groups excluding carboxylic acids is 2. The fraction of sp³-hybridized carbons (Fsp3) is 0.273. The maximum Gasteiger partial charge on any atom is 0.294 e. The largest absolute Gasteiger partial charge is 0.449 e. The summed E-state index contributed by atoms with van der Waals surface area (Å²) in [6.45, 7) is 1.07. The molecule has 1 atom stereocenters. The summed E-state index contributed by atoms with van der Waals surface area (Å²) in [4.78, 5) is 27.0. The Hall–Kier alpha value is -2.83. The summed E-state index contributed by atoms with van der Waals surface area (Å²) in [5, 5.41) is 3.37. The van der Waals surface area contributed by atoms with Crippen molar-refractivity contribution < 1.29 is 19.1 Å². The fourth-order valence-electron chi connectivity index (χ4n) is 3.39. The molecule has 7 heteroatoms. The molecule has 2 heterocycles. The third-order valence-corrected chi connectivity index (χ3v) is 5.22. The Morgan fingerprint density at radius 3 is 2.79 bits per heavy atom. The molecule has 0 bridgehead atoms. The monoisotopic (exact) mass is 412 g/mol. The zero-order valence-corrected chi connectivity index (χ0v) is 16.5. The number of ether oxygens (including phenoxy) is 2. The highest BCUT2D eigenvalue weighted by molar-refractivity contribution is 6.32. The first-order valence-electron chi connectivity index (χ1n) is 9.55. The number of rotatable bonds is 5. The average molecular weight is 413 g/mol. The molecule has 0 saturated carbocycles. The number of hydrogen-bond donors (Lipinski definition) is 1. The minimum atomic E-state index is -0.393. The van der Waals surface area contributed by atoms with Crippen LogP contribution in [-0.2, 0) is 14.3 Å². The molecule has 0 aliphatic carbocycles. The third-order valence-electron chi connectivity index (χ3n) is 4.88. The number of hydrogen-bond acceptors (Lipinski definition) is 4. The first-order valence-corrected chi connectivity index (χ1v) is 9.93. The van der Waals surface area contributed by atoms with E-state index in [-0.39, 0.29) is 24.3 Å². The molecule has 1 fully saturated rings. The Labute approximate surface area is 174 Å². The summed E-state index contributed by atoms with van der Waals surface area (Å²) in [5.74, 6) is -0.0143. The van der Waals surface area contributed by atoms with E-state index >= 15 is 0 Å². The molecule has 2 aromatic carbocycles. The van der Waals surface area contributed by atoms with Gasteiger partial charge in [-0.15, -0.1) is 0 Å². The number of nitrogens with zero attached hydrogens (tertiary/aromatic N) is 1. The zero-order valence-electron chi connectivity index (χ0n) is 15.8. The molecule has 29 heavy (non-hydrogen) atoms. The lowest BCUT2D eigenvalue weighted by molar-refractivity contribution is -0.123. The van der Waals surface area contributed by atoms with Crippen LogP contribution < -0.4 is 15.0 Å². The van der Waals surface area contributed by atoms with Crippen LogP contribution in [0, 0.1) is 0 Å². The third kappa shape index (κ3) is 4.44. The van der Waals surface area contributed by atoms with Crippen molar-refractivity contribution in [2.24, 2.45) is 0 Å². The Balaban J connectivity index is 1.55. The summed E-state index contributed by atoms with van der Waals surface area (Å²) < 4.78 is 11.3. The molecule has 6 nitrogen and oxygen atoms in total. The van der Waals surface area contributed by atoms with Crippen LogP contribution >= 0.6 is 11.6 Å². The second-order valence-electron chi connectivity index (χ2n) is 6.93. The quantitative estimate of drug-likeness (QED) is 0.764. The number of nitrogens with one attached hydrogen (secondary N) is 1. The van der Waals surface area contributed by atoms with E-state index in [0.29, 0.717) is 28.6 Å². The van der Waals surface area contributed by atoms with E-state index in [1.807, 2.05) is 18.2 Å². The van der Waals surface area contributed by atoms with Crippen molar-refractivity contribution in [3.05, 3.63) is 64.9 Å². The Morgan fingerprint density at radius 2 is 2.00 bits per heavy atom. The smallest absolute Gasteiger partial charge is 0.294 e. The second-order valence-corrected chi connectivity index (χ2v) is 7.34. The van der Waals surface area contributed by atoms with Gasteiger partial charge in [0.25, 0.3) is 5.91 Å². The van der Waals surface area contributed by atoms with Gasteiger partial charge < -0.3 is 14.8 Å². The topological polar surface area (TPSA) is 67.9 Å². The number of amides is 2. The molecule has 0 spiro atoms. The Kier molecular flexibility index (Phi) is 5.83. The predicted octanol–water partition coefficient (Wildman–Crippen LogP) is 3.40. The molecule has 0 radical (unpaired) electrons. The highest BCUT2D eigenvalue weighted by Crippen LogP contribution is 2.35. The Bertz CT molecular complexity index is 953. The van der Waals surface area contributed by atoms with Crippen molar-refractivity contribution in [3.8, 4) is 5.75 Å². The lowest BCUT2D eigenvalue weighted by atomic mass is 10.1. The van der Waals surface area contributed by atoms with E-state index in [0.717, 1.165) is 19.4 Å². The van der Waals surface area contributed by atoms with Crippen LogP contribution in [0.25, 0.3) is 6.08 Å². The predicted molar refractivity (Wildman–Crippen MR) is 111 cm³/mol. The SMILES string of the molecule is O=C(CN1C(=O)/C(=C\c2ccccc2Cl)Oc2ccccc21)NC[C@H]1CCCO1. The minimum Gasteiger partial charge on any atom is -0.449 e. The lowest BCUT2D eigenvalue weighted by Crippen LogP contribution is -2.45. The molecule has 4 rings (SSSR count). The van der Waals surface area contributed by atoms with Crippen LogP contribution in [0.5, 0.6) is 5.75 Å². The standard InChI is InChI=1S/C22H21ClN2O4/c23-17-8-2-1-6-15(17)12-20-22(27)25(18-9-3-4-10-19(18)29-20)14-21(26)24-13-16-7-5-11-28-16/h1-4,6,8-10,12,16H,5,7,11,13-14H2,(H,24,26)/b20-12+/t16-/m1/s1. The van der Waals surface area contributed by atoms with Gasteiger partial charge in [0.15, 0.2) is 11.5 Å². The van der Waals surface area contributed by atoms with Crippen LogP contribution in [-0.4, -0.2) is 37.6 Å². The molecule has 0 aromatic heterocycles. The molecule has 0 unspecified atom stereocenters. The summed E-state index contributed by atoms with van der Waals surface area (Å²) in [5.41, 5.74) is 1.22. The molecular weight excluding hydrogens is 392 g/mol. The first-order chi connectivity index (χ1) is 14.1.